The molecule has 0 saturated carbocycles. The highest BCUT2D eigenvalue weighted by Crippen LogP contribution is 2.19. The molecule has 0 heterocycles. The Hall–Kier alpha value is -2.47. The summed E-state index contributed by atoms with van der Waals surface area (Å²) in [5, 5.41) is 13.6. The van der Waals surface area contributed by atoms with Crippen molar-refractivity contribution in [2.75, 3.05) is 13.2 Å². The summed E-state index contributed by atoms with van der Waals surface area (Å²) in [6.45, 7) is 1.16. The number of hydrogen-bond donors (Lipinski definition) is 1. The van der Waals surface area contributed by atoms with E-state index in [9.17, 15) is 14.5 Å². The average molecular weight is 290 g/mol. The molecule has 6 heteroatoms. The van der Waals surface area contributed by atoms with Crippen molar-refractivity contribution in [1.82, 2.24) is 5.32 Å². The highest BCUT2D eigenvalue weighted by molar-refractivity contribution is 5.36. The third-order valence-electron chi connectivity index (χ3n) is 2.86. The first-order chi connectivity index (χ1) is 10.2. The summed E-state index contributed by atoms with van der Waals surface area (Å²) < 4.78 is 19.3. The fourth-order valence-corrected chi connectivity index (χ4v) is 1.82. The summed E-state index contributed by atoms with van der Waals surface area (Å²) in [5.41, 5.74) is -0.237. The Labute approximate surface area is 121 Å². The molecule has 0 aliphatic heterocycles. The molecule has 21 heavy (non-hydrogen) atoms. The van der Waals surface area contributed by atoms with E-state index in [1.807, 2.05) is 30.3 Å². The molecule has 0 radical (unpaired) electrons. The smallest absolute Gasteiger partial charge is 0.305 e. The highest BCUT2D eigenvalue weighted by atomic mass is 19.1. The molecule has 0 saturated heterocycles. The van der Waals surface area contributed by atoms with Crippen LogP contribution in [0.5, 0.6) is 5.75 Å². The van der Waals surface area contributed by atoms with Crippen LogP contribution in [0, 0.1) is 15.9 Å². The van der Waals surface area contributed by atoms with Gasteiger partial charge >= 0.3 is 5.69 Å². The maximum Gasteiger partial charge on any atom is 0.305 e. The van der Waals surface area contributed by atoms with Crippen LogP contribution in [-0.4, -0.2) is 18.1 Å². The Morgan fingerprint density at radius 1 is 1.14 bits per heavy atom. The zero-order chi connectivity index (χ0) is 15.1. The van der Waals surface area contributed by atoms with Crippen LogP contribution in [0.2, 0.25) is 0 Å². The van der Waals surface area contributed by atoms with E-state index in [1.54, 1.807) is 0 Å². The molecule has 0 atom stereocenters. The maximum absolute atomic E-state index is 13.8. The molecule has 0 aliphatic carbocycles. The lowest BCUT2D eigenvalue weighted by molar-refractivity contribution is -0.387. The molecule has 1 N–H and O–H groups in total. The predicted octanol–water partition coefficient (Wildman–Crippen LogP) is 2.90. The van der Waals surface area contributed by atoms with Gasteiger partial charge in [-0.2, -0.15) is 4.39 Å². The van der Waals surface area contributed by atoms with Crippen LogP contribution in [0.15, 0.2) is 48.5 Å². The average Bonchev–Trinajstić information content (AvgIpc) is 2.49. The molecule has 0 bridgehead atoms. The van der Waals surface area contributed by atoms with Crippen molar-refractivity contribution in [3.63, 3.8) is 0 Å². The Balaban J connectivity index is 1.79. The lowest BCUT2D eigenvalue weighted by Gasteiger charge is -2.08. The number of nitro groups is 1. The Bertz CT molecular complexity index is 605. The fraction of sp³-hybridized carbons (Fsp3) is 0.200. The van der Waals surface area contributed by atoms with Gasteiger partial charge in [0, 0.05) is 24.7 Å². The fourth-order valence-electron chi connectivity index (χ4n) is 1.82. The zero-order valence-corrected chi connectivity index (χ0v) is 11.3. The number of para-hydroxylation sites is 1. The summed E-state index contributed by atoms with van der Waals surface area (Å²) in [6, 6.07) is 13.5. The number of hydrogen-bond acceptors (Lipinski definition) is 4. The van der Waals surface area contributed by atoms with Gasteiger partial charge in [0.1, 0.15) is 12.4 Å². The predicted molar refractivity (Wildman–Crippen MR) is 76.7 cm³/mol. The van der Waals surface area contributed by atoms with Gasteiger partial charge < -0.3 is 10.1 Å². The number of nitrogens with zero attached hydrogens (tertiary/aromatic N) is 1. The highest BCUT2D eigenvalue weighted by Gasteiger charge is 2.16. The summed E-state index contributed by atoms with van der Waals surface area (Å²) in [7, 11) is 0. The van der Waals surface area contributed by atoms with Crippen LogP contribution in [0.1, 0.15) is 5.56 Å². The van der Waals surface area contributed by atoms with E-state index in [0.29, 0.717) is 13.2 Å². The van der Waals surface area contributed by atoms with Crippen LogP contribution < -0.4 is 10.1 Å². The third kappa shape index (κ3) is 4.25. The first-order valence-electron chi connectivity index (χ1n) is 6.49. The van der Waals surface area contributed by atoms with Gasteiger partial charge in [0.2, 0.25) is 5.82 Å². The van der Waals surface area contributed by atoms with E-state index in [1.165, 1.54) is 12.1 Å². The van der Waals surface area contributed by atoms with Crippen LogP contribution >= 0.6 is 0 Å². The molecule has 0 amide bonds. The molecular formula is C15H15FN2O3. The molecule has 0 spiro atoms. The minimum absolute atomic E-state index is 0.214. The van der Waals surface area contributed by atoms with Crippen LogP contribution in [0.3, 0.4) is 0 Å². The molecule has 0 aromatic heterocycles. The minimum Gasteiger partial charge on any atom is -0.492 e. The van der Waals surface area contributed by atoms with Gasteiger partial charge in [0.25, 0.3) is 0 Å². The Morgan fingerprint density at radius 2 is 1.90 bits per heavy atom. The Morgan fingerprint density at radius 3 is 2.62 bits per heavy atom. The number of ether oxygens (including phenoxy) is 1. The minimum atomic E-state index is -0.793. The van der Waals surface area contributed by atoms with Crippen LogP contribution in [0.25, 0.3) is 0 Å². The van der Waals surface area contributed by atoms with Gasteiger partial charge in [-0.05, 0) is 12.1 Å². The lowest BCUT2D eigenvalue weighted by Crippen LogP contribution is -2.21. The molecule has 2 rings (SSSR count). The molecule has 0 unspecified atom stereocenters. The largest absolute Gasteiger partial charge is 0.492 e. The van der Waals surface area contributed by atoms with Crippen molar-refractivity contribution >= 4 is 5.69 Å². The van der Waals surface area contributed by atoms with Gasteiger partial charge in [-0.1, -0.05) is 30.3 Å². The van der Waals surface area contributed by atoms with Crippen molar-refractivity contribution in [1.29, 1.82) is 0 Å². The lowest BCUT2D eigenvalue weighted by atomic mass is 10.2. The van der Waals surface area contributed by atoms with Crippen molar-refractivity contribution in [2.45, 2.75) is 6.54 Å². The van der Waals surface area contributed by atoms with Gasteiger partial charge in [-0.15, -0.1) is 0 Å². The maximum atomic E-state index is 13.8. The third-order valence-corrected chi connectivity index (χ3v) is 2.86. The second-order valence-electron chi connectivity index (χ2n) is 4.35. The van der Waals surface area contributed by atoms with E-state index >= 15 is 0 Å². The quantitative estimate of drug-likeness (QED) is 0.484. The molecule has 0 aliphatic rings. The topological polar surface area (TPSA) is 64.4 Å². The van der Waals surface area contributed by atoms with Crippen molar-refractivity contribution in [2.24, 2.45) is 0 Å². The Kier molecular flexibility index (Phi) is 5.22. The van der Waals surface area contributed by atoms with Crippen molar-refractivity contribution in [3.05, 3.63) is 70.0 Å². The summed E-state index contributed by atoms with van der Waals surface area (Å²) in [5.74, 6) is -0.0280. The first-order valence-corrected chi connectivity index (χ1v) is 6.49. The van der Waals surface area contributed by atoms with E-state index in [4.69, 9.17) is 4.74 Å². The standard InChI is InChI=1S/C15H15FN2O3/c16-15-12(5-4-8-14(15)18(19)20)11-17-9-10-21-13-6-2-1-3-7-13/h1-8,17H,9-11H2. The van der Waals surface area contributed by atoms with E-state index in [-0.39, 0.29) is 12.1 Å². The molecule has 2 aromatic carbocycles. The molecule has 0 fully saturated rings. The molecule has 5 nitrogen and oxygen atoms in total. The number of nitro benzene ring substituents is 1. The normalized spacial score (nSPS) is 10.3. The second kappa shape index (κ2) is 7.35. The summed E-state index contributed by atoms with van der Waals surface area (Å²) in [4.78, 5) is 9.91. The monoisotopic (exact) mass is 290 g/mol. The summed E-state index contributed by atoms with van der Waals surface area (Å²) in [6.07, 6.45) is 0. The van der Waals surface area contributed by atoms with Gasteiger partial charge in [-0.25, -0.2) is 0 Å². The first kappa shape index (κ1) is 14.9. The van der Waals surface area contributed by atoms with Crippen LogP contribution in [-0.2, 0) is 6.54 Å². The van der Waals surface area contributed by atoms with E-state index in [0.717, 1.165) is 11.8 Å². The van der Waals surface area contributed by atoms with Crippen molar-refractivity contribution < 1.29 is 14.1 Å². The number of nitrogens with one attached hydrogen (secondary N) is 1. The van der Waals surface area contributed by atoms with Crippen LogP contribution in [0.4, 0.5) is 10.1 Å². The molecule has 2 aromatic rings. The molecule has 110 valence electrons. The van der Waals surface area contributed by atoms with Gasteiger partial charge in [0.05, 0.1) is 4.92 Å². The van der Waals surface area contributed by atoms with Gasteiger partial charge in [0.15, 0.2) is 0 Å². The number of rotatable bonds is 7. The SMILES string of the molecule is O=[N+]([O-])c1cccc(CNCCOc2ccccc2)c1F. The summed E-state index contributed by atoms with van der Waals surface area (Å²) >= 11 is 0. The molecular weight excluding hydrogens is 275 g/mol. The number of halogens is 1. The zero-order valence-electron chi connectivity index (χ0n) is 11.3. The second-order valence-corrected chi connectivity index (χ2v) is 4.35. The number of benzene rings is 2. The van der Waals surface area contributed by atoms with E-state index in [2.05, 4.69) is 5.32 Å². The van der Waals surface area contributed by atoms with E-state index < -0.39 is 16.4 Å². The van der Waals surface area contributed by atoms with Gasteiger partial charge in [-0.3, -0.25) is 10.1 Å². The van der Waals surface area contributed by atoms with Crippen molar-refractivity contribution in [3.8, 4) is 5.75 Å².